The van der Waals surface area contributed by atoms with E-state index in [1.807, 2.05) is 32.6 Å². The van der Waals surface area contributed by atoms with Gasteiger partial charge in [0, 0.05) is 50.9 Å². The predicted octanol–water partition coefficient (Wildman–Crippen LogP) is 2.49. The molecule has 9 heteroatoms. The number of hydrogen-bond acceptors (Lipinski definition) is 6. The Kier molecular flexibility index (Phi) is 7.42. The van der Waals surface area contributed by atoms with Crippen LogP contribution in [-0.4, -0.2) is 66.7 Å². The molecule has 32 heavy (non-hydrogen) atoms. The van der Waals surface area contributed by atoms with Gasteiger partial charge >= 0.3 is 0 Å². The first-order valence-corrected chi connectivity index (χ1v) is 12.0. The van der Waals surface area contributed by atoms with Crippen molar-refractivity contribution in [3.8, 4) is 0 Å². The molecule has 176 valence electrons. The fourth-order valence-electron chi connectivity index (χ4n) is 3.49. The van der Waals surface area contributed by atoms with Crippen molar-refractivity contribution in [1.29, 1.82) is 0 Å². The second-order valence-corrected chi connectivity index (χ2v) is 11.4. The number of morpholine rings is 1. The van der Waals surface area contributed by atoms with Crippen molar-refractivity contribution in [2.24, 2.45) is 0 Å². The largest absolute Gasteiger partial charge is 0.440 e. The van der Waals surface area contributed by atoms with Gasteiger partial charge in [-0.1, -0.05) is 6.92 Å². The van der Waals surface area contributed by atoms with Crippen LogP contribution >= 0.6 is 0 Å². The normalized spacial score (nSPS) is 16.8. The lowest BCUT2D eigenvalue weighted by Gasteiger charge is -2.27. The van der Waals surface area contributed by atoms with Gasteiger partial charge in [0.15, 0.2) is 11.3 Å². The Hall–Kier alpha value is -2.23. The molecule has 1 aliphatic rings. The summed E-state index contributed by atoms with van der Waals surface area (Å²) in [6, 6.07) is 4.87. The molecule has 3 rings (SSSR count). The van der Waals surface area contributed by atoms with E-state index >= 15 is 0 Å². The minimum absolute atomic E-state index is 0.151. The highest BCUT2D eigenvalue weighted by Crippen LogP contribution is 2.30. The molecule has 2 atom stereocenters. The van der Waals surface area contributed by atoms with Gasteiger partial charge in [-0.25, -0.2) is 8.93 Å². The molecule has 8 nitrogen and oxygen atoms in total. The molecule has 1 amide bonds. The number of ether oxygens (including phenoxy) is 1. The van der Waals surface area contributed by atoms with Crippen molar-refractivity contribution < 1.29 is 18.2 Å². The van der Waals surface area contributed by atoms with Gasteiger partial charge in [-0.05, 0) is 38.8 Å². The lowest BCUT2D eigenvalue weighted by molar-refractivity contribution is 0.0827. The van der Waals surface area contributed by atoms with Crippen LogP contribution < -0.4 is 15.1 Å². The first-order valence-electron chi connectivity index (χ1n) is 10.8. The summed E-state index contributed by atoms with van der Waals surface area (Å²) < 4.78 is 26.8. The second-order valence-electron chi connectivity index (χ2n) is 9.32. The van der Waals surface area contributed by atoms with Crippen LogP contribution in [0.1, 0.15) is 49.5 Å². The van der Waals surface area contributed by atoms with Crippen LogP contribution in [0.5, 0.6) is 0 Å². The molecule has 1 unspecified atom stereocenters. The molecule has 0 saturated carbocycles. The van der Waals surface area contributed by atoms with Gasteiger partial charge in [0.05, 0.1) is 34.3 Å². The van der Waals surface area contributed by atoms with Gasteiger partial charge in [0.25, 0.3) is 5.91 Å². The van der Waals surface area contributed by atoms with Crippen molar-refractivity contribution in [2.75, 3.05) is 51.8 Å². The highest BCUT2D eigenvalue weighted by Gasteiger charge is 2.24. The summed E-state index contributed by atoms with van der Waals surface area (Å²) in [6.45, 7) is 10.5. The highest BCUT2D eigenvalue weighted by atomic mass is 32.2. The Morgan fingerprint density at radius 3 is 2.47 bits per heavy atom. The van der Waals surface area contributed by atoms with Crippen LogP contribution in [-0.2, 0) is 15.7 Å². The van der Waals surface area contributed by atoms with Gasteiger partial charge in [0.1, 0.15) is 5.58 Å². The van der Waals surface area contributed by atoms with Gasteiger partial charge in [-0.3, -0.25) is 9.59 Å². The molecule has 1 fully saturated rings. The van der Waals surface area contributed by atoms with Gasteiger partial charge in [0.2, 0.25) is 0 Å². The molecular formula is C23H33N3O5S. The van der Waals surface area contributed by atoms with Crippen molar-refractivity contribution in [3.05, 3.63) is 39.5 Å². The van der Waals surface area contributed by atoms with Gasteiger partial charge in [-0.2, -0.15) is 0 Å². The number of nitrogens with one attached hydrogen (secondary N) is 1. The lowest BCUT2D eigenvalue weighted by atomic mass is 9.95. The third-order valence-electron chi connectivity index (χ3n) is 5.43. The Morgan fingerprint density at radius 1 is 1.22 bits per heavy atom. The third kappa shape index (κ3) is 5.39. The van der Waals surface area contributed by atoms with E-state index in [0.717, 1.165) is 5.56 Å². The number of rotatable bonds is 6. The number of carbonyl (C=O) groups is 1. The summed E-state index contributed by atoms with van der Waals surface area (Å²) in [4.78, 5) is 29.2. The topological polar surface area (TPSA) is 92.1 Å². The lowest BCUT2D eigenvalue weighted by Crippen LogP contribution is -2.36. The van der Waals surface area contributed by atoms with Crippen LogP contribution in [0.15, 0.2) is 27.4 Å². The molecule has 2 aromatic rings. The van der Waals surface area contributed by atoms with E-state index in [0.29, 0.717) is 55.3 Å². The monoisotopic (exact) mass is 463 g/mol. The molecule has 1 aromatic heterocycles. The summed E-state index contributed by atoms with van der Waals surface area (Å²) in [5.41, 5.74) is 1.43. The maximum atomic E-state index is 13.1. The summed E-state index contributed by atoms with van der Waals surface area (Å²) >= 11 is 0. The smallest absolute Gasteiger partial charge is 0.253 e. The van der Waals surface area contributed by atoms with Crippen LogP contribution in [0.3, 0.4) is 0 Å². The van der Waals surface area contributed by atoms with E-state index in [9.17, 15) is 13.8 Å². The standard InChI is InChI=1S/C23H33N3O5S/c1-15(14-24-32(29)23(2,3)4)17-11-16(22(28)25(5)6)12-18-19(27)13-20(31-21(17)18)26-7-9-30-10-8-26/h11-13,15,24H,7-10,14H2,1-6H3/t15?,32-/m0/s1. The van der Waals surface area contributed by atoms with E-state index in [-0.39, 0.29) is 17.3 Å². The summed E-state index contributed by atoms with van der Waals surface area (Å²) in [7, 11) is 2.11. The fourth-order valence-corrected chi connectivity index (χ4v) is 4.32. The molecule has 0 bridgehead atoms. The molecule has 1 aliphatic heterocycles. The molecule has 0 radical (unpaired) electrons. The molecule has 1 saturated heterocycles. The minimum Gasteiger partial charge on any atom is -0.440 e. The van der Waals surface area contributed by atoms with E-state index in [1.165, 1.54) is 11.0 Å². The summed E-state index contributed by atoms with van der Waals surface area (Å²) in [5, 5.41) is 0.369. The van der Waals surface area contributed by atoms with Crippen molar-refractivity contribution >= 4 is 33.7 Å². The number of benzene rings is 1. The molecule has 2 heterocycles. The Bertz CT molecular complexity index is 1070. The number of carbonyl (C=O) groups excluding carboxylic acids is 1. The van der Waals surface area contributed by atoms with E-state index in [4.69, 9.17) is 9.15 Å². The van der Waals surface area contributed by atoms with Crippen molar-refractivity contribution in [2.45, 2.75) is 38.4 Å². The SMILES string of the molecule is CC(CN[S@@](=O)C(C)(C)C)c1cc(C(=O)N(C)C)cc2c(=O)cc(N3CCOCC3)oc12. The average molecular weight is 464 g/mol. The number of fused-ring (bicyclic) bond motifs is 1. The van der Waals surface area contributed by atoms with Crippen LogP contribution in [0.25, 0.3) is 11.0 Å². The number of amides is 1. The van der Waals surface area contributed by atoms with Crippen LogP contribution in [0, 0.1) is 0 Å². The number of anilines is 1. The summed E-state index contributed by atoms with van der Waals surface area (Å²) in [5.74, 6) is 0.155. The first-order chi connectivity index (χ1) is 15.0. The zero-order chi connectivity index (χ0) is 23.6. The quantitative estimate of drug-likeness (QED) is 0.708. The van der Waals surface area contributed by atoms with E-state index in [2.05, 4.69) is 4.72 Å². The average Bonchev–Trinajstić information content (AvgIpc) is 2.75. The fraction of sp³-hybridized carbons (Fsp3) is 0.565. The molecule has 1 aromatic carbocycles. The van der Waals surface area contributed by atoms with E-state index in [1.54, 1.807) is 26.2 Å². The zero-order valence-corrected chi connectivity index (χ0v) is 20.5. The van der Waals surface area contributed by atoms with Crippen LogP contribution in [0.4, 0.5) is 5.88 Å². The van der Waals surface area contributed by atoms with Gasteiger partial charge in [-0.15, -0.1) is 0 Å². The van der Waals surface area contributed by atoms with Crippen molar-refractivity contribution in [1.82, 2.24) is 9.62 Å². The molecule has 0 aliphatic carbocycles. The maximum absolute atomic E-state index is 13.1. The van der Waals surface area contributed by atoms with Gasteiger partial charge < -0.3 is 19.0 Å². The predicted molar refractivity (Wildman–Crippen MR) is 128 cm³/mol. The van der Waals surface area contributed by atoms with Crippen molar-refractivity contribution in [3.63, 3.8) is 0 Å². The third-order valence-corrected chi connectivity index (χ3v) is 6.97. The molecule has 1 N–H and O–H groups in total. The number of hydrogen-bond donors (Lipinski definition) is 1. The Morgan fingerprint density at radius 2 is 1.88 bits per heavy atom. The Balaban J connectivity index is 2.08. The van der Waals surface area contributed by atoms with Crippen LogP contribution in [0.2, 0.25) is 0 Å². The Labute approximate surface area is 191 Å². The zero-order valence-electron chi connectivity index (χ0n) is 19.7. The minimum atomic E-state index is -1.24. The maximum Gasteiger partial charge on any atom is 0.253 e. The second kappa shape index (κ2) is 9.72. The first kappa shape index (κ1) is 24.4. The molecular weight excluding hydrogens is 430 g/mol. The highest BCUT2D eigenvalue weighted by molar-refractivity contribution is 7.84. The van der Waals surface area contributed by atoms with E-state index < -0.39 is 15.7 Å². The summed E-state index contributed by atoms with van der Waals surface area (Å²) in [6.07, 6.45) is 0. The number of nitrogens with zero attached hydrogens (tertiary/aromatic N) is 2. The molecule has 0 spiro atoms.